The molecule has 3 rings (SSSR count). The predicted molar refractivity (Wildman–Crippen MR) is 94.6 cm³/mol. The van der Waals surface area contributed by atoms with E-state index in [0.717, 1.165) is 45.1 Å². The van der Waals surface area contributed by atoms with Gasteiger partial charge in [0.05, 0.1) is 6.04 Å². The zero-order valence-corrected chi connectivity index (χ0v) is 14.7. The Morgan fingerprint density at radius 3 is 2.88 bits per heavy atom. The smallest absolute Gasteiger partial charge is 0.224 e. The van der Waals surface area contributed by atoms with Crippen LogP contribution < -0.4 is 0 Å². The number of amides is 2. The normalized spacial score (nSPS) is 21.1. The van der Waals surface area contributed by atoms with E-state index in [0.29, 0.717) is 19.4 Å². The van der Waals surface area contributed by atoms with Crippen LogP contribution in [-0.2, 0) is 16.0 Å². The minimum absolute atomic E-state index is 0.147. The van der Waals surface area contributed by atoms with Crippen LogP contribution in [0.4, 0.5) is 0 Å². The van der Waals surface area contributed by atoms with Crippen LogP contribution in [0.1, 0.15) is 62.1 Å². The highest BCUT2D eigenvalue weighted by molar-refractivity contribution is 5.79. The van der Waals surface area contributed by atoms with Crippen molar-refractivity contribution in [2.24, 2.45) is 0 Å². The Hall–Kier alpha value is -1.84. The third kappa shape index (κ3) is 3.80. The molecular weight excluding hydrogens is 300 g/mol. The van der Waals surface area contributed by atoms with Gasteiger partial charge >= 0.3 is 0 Å². The summed E-state index contributed by atoms with van der Waals surface area (Å²) in [5.74, 6) is 0.361. The van der Waals surface area contributed by atoms with Crippen LogP contribution >= 0.6 is 0 Å². The van der Waals surface area contributed by atoms with Crippen LogP contribution in [0.2, 0.25) is 0 Å². The van der Waals surface area contributed by atoms with Crippen LogP contribution in [0, 0.1) is 0 Å². The van der Waals surface area contributed by atoms with Gasteiger partial charge in [-0.2, -0.15) is 0 Å². The minimum atomic E-state index is 0.147. The number of carbonyl (C=O) groups is 2. The van der Waals surface area contributed by atoms with E-state index in [4.69, 9.17) is 0 Å². The van der Waals surface area contributed by atoms with Gasteiger partial charge in [0, 0.05) is 33.0 Å². The summed E-state index contributed by atoms with van der Waals surface area (Å²) < 4.78 is 0. The van der Waals surface area contributed by atoms with Gasteiger partial charge < -0.3 is 9.80 Å². The molecule has 1 heterocycles. The molecule has 4 heteroatoms. The molecule has 0 radical (unpaired) electrons. The number of fused-ring (bicyclic) bond motifs is 1. The zero-order chi connectivity index (χ0) is 16.9. The summed E-state index contributed by atoms with van der Waals surface area (Å²) in [4.78, 5) is 28.5. The van der Waals surface area contributed by atoms with E-state index in [1.807, 2.05) is 16.8 Å². The summed E-state index contributed by atoms with van der Waals surface area (Å²) in [6, 6.07) is 8.65. The molecule has 0 N–H and O–H groups in total. The number of hydrogen-bond acceptors (Lipinski definition) is 2. The van der Waals surface area contributed by atoms with Gasteiger partial charge in [0.25, 0.3) is 0 Å². The van der Waals surface area contributed by atoms with E-state index < -0.39 is 0 Å². The molecule has 1 aromatic carbocycles. The highest BCUT2D eigenvalue weighted by atomic mass is 16.2. The van der Waals surface area contributed by atoms with Crippen molar-refractivity contribution in [2.75, 3.05) is 20.1 Å². The first-order valence-corrected chi connectivity index (χ1v) is 9.28. The first-order chi connectivity index (χ1) is 11.7. The van der Waals surface area contributed by atoms with Gasteiger partial charge in [-0.25, -0.2) is 0 Å². The van der Waals surface area contributed by atoms with Crippen molar-refractivity contribution < 1.29 is 9.59 Å². The Kier molecular flexibility index (Phi) is 5.54. The van der Waals surface area contributed by atoms with Crippen molar-refractivity contribution in [1.29, 1.82) is 0 Å². The van der Waals surface area contributed by atoms with Gasteiger partial charge in [0.15, 0.2) is 0 Å². The molecular formula is C20H28N2O2. The van der Waals surface area contributed by atoms with Crippen LogP contribution in [-0.4, -0.2) is 41.8 Å². The number of aryl methyl sites for hydroxylation is 1. The molecule has 1 saturated heterocycles. The number of benzene rings is 1. The van der Waals surface area contributed by atoms with Crippen molar-refractivity contribution in [3.8, 4) is 0 Å². The second kappa shape index (κ2) is 7.82. The Morgan fingerprint density at radius 1 is 1.17 bits per heavy atom. The van der Waals surface area contributed by atoms with E-state index in [1.165, 1.54) is 11.1 Å². The molecule has 4 nitrogen and oxygen atoms in total. The molecule has 1 aromatic rings. The van der Waals surface area contributed by atoms with Crippen molar-refractivity contribution in [3.63, 3.8) is 0 Å². The molecule has 1 aliphatic heterocycles. The summed E-state index contributed by atoms with van der Waals surface area (Å²) in [5, 5.41) is 0. The van der Waals surface area contributed by atoms with Gasteiger partial charge in [-0.15, -0.1) is 0 Å². The number of rotatable bonds is 4. The molecule has 0 bridgehead atoms. The van der Waals surface area contributed by atoms with Gasteiger partial charge in [-0.3, -0.25) is 9.59 Å². The van der Waals surface area contributed by atoms with Crippen molar-refractivity contribution >= 4 is 11.8 Å². The van der Waals surface area contributed by atoms with E-state index in [-0.39, 0.29) is 17.9 Å². The first-order valence-electron chi connectivity index (χ1n) is 9.28. The van der Waals surface area contributed by atoms with Crippen LogP contribution in [0.25, 0.3) is 0 Å². The largest absolute Gasteiger partial charge is 0.342 e. The Labute approximate surface area is 144 Å². The topological polar surface area (TPSA) is 40.6 Å². The molecule has 0 spiro atoms. The number of likely N-dealkylation sites (tertiary alicyclic amines) is 1. The summed E-state index contributed by atoms with van der Waals surface area (Å²) >= 11 is 0. The van der Waals surface area contributed by atoms with E-state index >= 15 is 0 Å². The standard InChI is InChI=1S/C20H28N2O2/c1-21(18-11-7-9-16-8-4-5-10-17(16)18)19(23)13-15-22-14-6-2-3-12-20(22)24/h4-5,8,10,18H,2-3,6-7,9,11-15H2,1H3. The lowest BCUT2D eigenvalue weighted by Crippen LogP contribution is -2.37. The summed E-state index contributed by atoms with van der Waals surface area (Å²) in [7, 11) is 1.92. The minimum Gasteiger partial charge on any atom is -0.342 e. The van der Waals surface area contributed by atoms with Gasteiger partial charge in [0.2, 0.25) is 11.8 Å². The number of nitrogens with zero attached hydrogens (tertiary/aromatic N) is 2. The maximum atomic E-state index is 12.7. The molecule has 2 amide bonds. The Balaban J connectivity index is 1.60. The third-order valence-corrected chi connectivity index (χ3v) is 5.47. The van der Waals surface area contributed by atoms with E-state index in [9.17, 15) is 9.59 Å². The molecule has 130 valence electrons. The fraction of sp³-hybridized carbons (Fsp3) is 0.600. The van der Waals surface area contributed by atoms with Gasteiger partial charge in [-0.05, 0) is 43.2 Å². The lowest BCUT2D eigenvalue weighted by atomic mass is 9.87. The zero-order valence-electron chi connectivity index (χ0n) is 14.7. The van der Waals surface area contributed by atoms with Crippen molar-refractivity contribution in [1.82, 2.24) is 9.80 Å². The van der Waals surface area contributed by atoms with Gasteiger partial charge in [0.1, 0.15) is 0 Å². The summed E-state index contributed by atoms with van der Waals surface area (Å²) in [5.41, 5.74) is 2.67. The van der Waals surface area contributed by atoms with E-state index in [2.05, 4.69) is 24.3 Å². The molecule has 1 unspecified atom stereocenters. The fourth-order valence-electron chi connectivity index (χ4n) is 3.99. The lowest BCUT2D eigenvalue weighted by Gasteiger charge is -2.34. The molecule has 1 fully saturated rings. The predicted octanol–water partition coefficient (Wildman–Crippen LogP) is 3.32. The Bertz CT molecular complexity index is 599. The molecule has 0 saturated carbocycles. The number of carbonyl (C=O) groups excluding carboxylic acids is 2. The van der Waals surface area contributed by atoms with Crippen LogP contribution in [0.5, 0.6) is 0 Å². The SMILES string of the molecule is CN(C(=O)CCN1CCCCCC1=O)C1CCCc2ccccc21. The van der Waals surface area contributed by atoms with Gasteiger partial charge in [-0.1, -0.05) is 30.7 Å². The molecule has 24 heavy (non-hydrogen) atoms. The van der Waals surface area contributed by atoms with Crippen molar-refractivity contribution in [3.05, 3.63) is 35.4 Å². The maximum Gasteiger partial charge on any atom is 0.224 e. The highest BCUT2D eigenvalue weighted by Gasteiger charge is 2.27. The first kappa shape index (κ1) is 17.0. The number of hydrogen-bond donors (Lipinski definition) is 0. The van der Waals surface area contributed by atoms with Crippen molar-refractivity contribution in [2.45, 2.75) is 57.4 Å². The molecule has 1 aliphatic carbocycles. The average Bonchev–Trinajstić information content (AvgIpc) is 2.82. The average molecular weight is 328 g/mol. The second-order valence-corrected chi connectivity index (χ2v) is 7.05. The summed E-state index contributed by atoms with van der Waals surface area (Å²) in [6.45, 7) is 1.37. The summed E-state index contributed by atoms with van der Waals surface area (Å²) in [6.07, 6.45) is 7.51. The molecule has 2 aliphatic rings. The highest BCUT2D eigenvalue weighted by Crippen LogP contribution is 2.33. The van der Waals surface area contributed by atoms with E-state index in [1.54, 1.807) is 0 Å². The third-order valence-electron chi connectivity index (χ3n) is 5.47. The monoisotopic (exact) mass is 328 g/mol. The van der Waals surface area contributed by atoms with Crippen LogP contribution in [0.3, 0.4) is 0 Å². The second-order valence-electron chi connectivity index (χ2n) is 7.05. The Morgan fingerprint density at radius 2 is 2.00 bits per heavy atom. The molecule has 1 atom stereocenters. The quantitative estimate of drug-likeness (QED) is 0.851. The lowest BCUT2D eigenvalue weighted by molar-refractivity contribution is -0.134. The fourth-order valence-corrected chi connectivity index (χ4v) is 3.99. The maximum absolute atomic E-state index is 12.7. The van der Waals surface area contributed by atoms with Crippen LogP contribution in [0.15, 0.2) is 24.3 Å². The molecule has 0 aromatic heterocycles.